The molecule has 100 valence electrons. The molecule has 0 saturated heterocycles. The number of nitrogens with zero attached hydrogens (tertiary/aromatic N) is 2. The lowest BCUT2D eigenvalue weighted by Crippen LogP contribution is -2.03. The molecule has 0 fully saturated rings. The summed E-state index contributed by atoms with van der Waals surface area (Å²) < 4.78 is 1.61. The maximum Gasteiger partial charge on any atom is 0.339 e. The van der Waals surface area contributed by atoms with Crippen LogP contribution in [0.5, 0.6) is 0 Å². The van der Waals surface area contributed by atoms with Gasteiger partial charge >= 0.3 is 5.97 Å². The van der Waals surface area contributed by atoms with Crippen LogP contribution in [-0.2, 0) is 6.42 Å². The second-order valence-corrected chi connectivity index (χ2v) is 4.73. The maximum atomic E-state index is 11.4. The molecule has 0 aliphatic rings. The number of hydrogen-bond acceptors (Lipinski definition) is 2. The monoisotopic (exact) mass is 278 g/mol. The number of benzene rings is 1. The number of carboxylic acids is 1. The van der Waals surface area contributed by atoms with E-state index in [1.165, 1.54) is 0 Å². The minimum atomic E-state index is -0.945. The van der Waals surface area contributed by atoms with Crippen molar-refractivity contribution < 1.29 is 9.90 Å². The molecule has 2 aromatic rings. The molecule has 0 saturated carbocycles. The molecule has 19 heavy (non-hydrogen) atoms. The van der Waals surface area contributed by atoms with Gasteiger partial charge in [0.05, 0.1) is 22.1 Å². The van der Waals surface area contributed by atoms with Gasteiger partial charge in [0, 0.05) is 0 Å². The van der Waals surface area contributed by atoms with Crippen molar-refractivity contribution in [3.05, 3.63) is 46.2 Å². The number of rotatable bonds is 4. The summed E-state index contributed by atoms with van der Waals surface area (Å²) in [7, 11) is 0. The van der Waals surface area contributed by atoms with Crippen LogP contribution in [0.25, 0.3) is 5.69 Å². The topological polar surface area (TPSA) is 55.1 Å². The first-order valence-electron chi connectivity index (χ1n) is 6.13. The van der Waals surface area contributed by atoms with E-state index < -0.39 is 5.97 Å². The van der Waals surface area contributed by atoms with Crippen molar-refractivity contribution in [2.75, 3.05) is 0 Å². The molecule has 0 radical (unpaired) electrons. The Hall–Kier alpha value is -1.81. The highest BCUT2D eigenvalue weighted by Gasteiger charge is 2.21. The largest absolute Gasteiger partial charge is 0.478 e. The molecule has 1 aromatic carbocycles. The maximum absolute atomic E-state index is 11.4. The third-order valence-electron chi connectivity index (χ3n) is 2.97. The van der Waals surface area contributed by atoms with Gasteiger partial charge in [0.15, 0.2) is 0 Å². The van der Waals surface area contributed by atoms with Crippen LogP contribution in [0.15, 0.2) is 24.3 Å². The van der Waals surface area contributed by atoms with E-state index in [4.69, 9.17) is 11.6 Å². The lowest BCUT2D eigenvalue weighted by molar-refractivity contribution is 0.0695. The van der Waals surface area contributed by atoms with Crippen molar-refractivity contribution in [2.24, 2.45) is 0 Å². The van der Waals surface area contributed by atoms with Crippen LogP contribution in [0.4, 0.5) is 0 Å². The lowest BCUT2D eigenvalue weighted by Gasteiger charge is -2.06. The molecule has 0 unspecified atom stereocenters. The van der Waals surface area contributed by atoms with Crippen LogP contribution < -0.4 is 0 Å². The number of halogens is 1. The van der Waals surface area contributed by atoms with E-state index >= 15 is 0 Å². The Kier molecular flexibility index (Phi) is 3.90. The summed E-state index contributed by atoms with van der Waals surface area (Å²) in [6.07, 6.45) is 1.49. The Morgan fingerprint density at radius 2 is 2.11 bits per heavy atom. The second kappa shape index (κ2) is 5.45. The molecule has 5 heteroatoms. The van der Waals surface area contributed by atoms with Gasteiger partial charge in [-0.3, -0.25) is 0 Å². The molecule has 2 rings (SSSR count). The summed E-state index contributed by atoms with van der Waals surface area (Å²) in [5.41, 5.74) is 2.18. The summed E-state index contributed by atoms with van der Waals surface area (Å²) in [5, 5.41) is 14.3. The van der Waals surface area contributed by atoms with Crippen molar-refractivity contribution in [2.45, 2.75) is 26.7 Å². The zero-order valence-electron chi connectivity index (χ0n) is 10.9. The van der Waals surface area contributed by atoms with E-state index in [1.54, 1.807) is 17.7 Å². The highest BCUT2D eigenvalue weighted by molar-refractivity contribution is 6.32. The minimum Gasteiger partial charge on any atom is -0.478 e. The third-order valence-corrected chi connectivity index (χ3v) is 3.29. The smallest absolute Gasteiger partial charge is 0.339 e. The Morgan fingerprint density at radius 1 is 1.42 bits per heavy atom. The van der Waals surface area contributed by atoms with E-state index in [-0.39, 0.29) is 5.56 Å². The zero-order valence-corrected chi connectivity index (χ0v) is 11.6. The Bertz CT molecular complexity index is 620. The average Bonchev–Trinajstić information content (AvgIpc) is 2.67. The fraction of sp³-hybridized carbons (Fsp3) is 0.286. The highest BCUT2D eigenvalue weighted by atomic mass is 35.5. The Labute approximate surface area is 116 Å². The quantitative estimate of drug-likeness (QED) is 0.931. The summed E-state index contributed by atoms with van der Waals surface area (Å²) in [6, 6.07) is 7.26. The fourth-order valence-electron chi connectivity index (χ4n) is 2.11. The number of aromatic nitrogens is 2. The Balaban J connectivity index is 2.63. The molecular weight excluding hydrogens is 264 g/mol. The molecular formula is C14H15ClN2O2. The SMILES string of the molecule is CCCc1nn(-c2ccccc2Cl)c(C)c1C(=O)O. The van der Waals surface area contributed by atoms with Crippen LogP contribution in [-0.4, -0.2) is 20.9 Å². The Morgan fingerprint density at radius 3 is 2.68 bits per heavy atom. The van der Waals surface area contributed by atoms with E-state index in [0.29, 0.717) is 28.5 Å². The molecule has 0 amide bonds. The van der Waals surface area contributed by atoms with E-state index in [9.17, 15) is 9.90 Å². The van der Waals surface area contributed by atoms with Gasteiger partial charge in [0.25, 0.3) is 0 Å². The highest BCUT2D eigenvalue weighted by Crippen LogP contribution is 2.24. The van der Waals surface area contributed by atoms with Gasteiger partial charge in [-0.15, -0.1) is 0 Å². The van der Waals surface area contributed by atoms with E-state index in [1.807, 2.05) is 25.1 Å². The summed E-state index contributed by atoms with van der Waals surface area (Å²) in [6.45, 7) is 3.74. The summed E-state index contributed by atoms with van der Waals surface area (Å²) >= 11 is 6.14. The summed E-state index contributed by atoms with van der Waals surface area (Å²) in [4.78, 5) is 11.4. The number of carboxylic acid groups (broad SMARTS) is 1. The van der Waals surface area contributed by atoms with Crippen LogP contribution in [0.1, 0.15) is 35.1 Å². The number of hydrogen-bond donors (Lipinski definition) is 1. The van der Waals surface area contributed by atoms with E-state index in [0.717, 1.165) is 6.42 Å². The zero-order chi connectivity index (χ0) is 14.0. The number of aromatic carboxylic acids is 1. The normalized spacial score (nSPS) is 10.7. The van der Waals surface area contributed by atoms with Crippen LogP contribution in [0.2, 0.25) is 5.02 Å². The first-order chi connectivity index (χ1) is 9.06. The predicted molar refractivity (Wildman–Crippen MR) is 74.3 cm³/mol. The van der Waals surface area contributed by atoms with Gasteiger partial charge in [-0.05, 0) is 25.5 Å². The molecule has 1 aromatic heterocycles. The summed E-state index contributed by atoms with van der Waals surface area (Å²) in [5.74, 6) is -0.945. The van der Waals surface area contributed by atoms with Crippen molar-refractivity contribution in [3.63, 3.8) is 0 Å². The van der Waals surface area contributed by atoms with Crippen molar-refractivity contribution in [3.8, 4) is 5.69 Å². The average molecular weight is 279 g/mol. The van der Waals surface area contributed by atoms with Gasteiger partial charge in [-0.1, -0.05) is 37.1 Å². The van der Waals surface area contributed by atoms with Gasteiger partial charge < -0.3 is 5.11 Å². The van der Waals surface area contributed by atoms with Gasteiger partial charge in [-0.25, -0.2) is 9.48 Å². The van der Waals surface area contributed by atoms with Gasteiger partial charge in [-0.2, -0.15) is 5.10 Å². The predicted octanol–water partition coefficient (Wildman–Crippen LogP) is 3.48. The van der Waals surface area contributed by atoms with Crippen molar-refractivity contribution >= 4 is 17.6 Å². The lowest BCUT2D eigenvalue weighted by atomic mass is 10.1. The van der Waals surface area contributed by atoms with E-state index in [2.05, 4.69) is 5.10 Å². The first-order valence-corrected chi connectivity index (χ1v) is 6.50. The third kappa shape index (κ3) is 2.49. The standard InChI is InChI=1S/C14H15ClN2O2/c1-3-6-11-13(14(18)19)9(2)17(16-11)12-8-5-4-7-10(12)15/h4-5,7-8H,3,6H2,1-2H3,(H,18,19). The van der Waals surface area contributed by atoms with Gasteiger partial charge in [0.1, 0.15) is 5.56 Å². The van der Waals surface area contributed by atoms with Crippen LogP contribution in [0, 0.1) is 6.92 Å². The molecule has 0 atom stereocenters. The fourth-order valence-corrected chi connectivity index (χ4v) is 2.32. The second-order valence-electron chi connectivity index (χ2n) is 4.33. The minimum absolute atomic E-state index is 0.279. The first kappa shape index (κ1) is 13.6. The van der Waals surface area contributed by atoms with Crippen LogP contribution in [0.3, 0.4) is 0 Å². The molecule has 4 nitrogen and oxygen atoms in total. The number of para-hydroxylation sites is 1. The number of aryl methyl sites for hydroxylation is 1. The molecule has 1 heterocycles. The van der Waals surface area contributed by atoms with Gasteiger partial charge in [0.2, 0.25) is 0 Å². The van der Waals surface area contributed by atoms with Crippen LogP contribution >= 0.6 is 11.6 Å². The van der Waals surface area contributed by atoms with Crippen molar-refractivity contribution in [1.29, 1.82) is 0 Å². The molecule has 0 bridgehead atoms. The molecule has 0 aliphatic heterocycles. The molecule has 1 N–H and O–H groups in total. The molecule has 0 aliphatic carbocycles. The van der Waals surface area contributed by atoms with Crippen molar-refractivity contribution in [1.82, 2.24) is 9.78 Å². The number of carbonyl (C=O) groups is 1. The molecule has 0 spiro atoms.